The number of hydrogen-bond acceptors (Lipinski definition) is 9. The normalized spacial score (nSPS) is 18.5. The molecule has 0 spiro atoms. The number of carbonyl (C=O) groups excluding carboxylic acids is 3. The van der Waals surface area contributed by atoms with Crippen LogP contribution in [-0.4, -0.2) is 63.5 Å². The van der Waals surface area contributed by atoms with E-state index in [1.807, 2.05) is 57.5 Å². The van der Waals surface area contributed by atoms with Crippen molar-refractivity contribution in [3.8, 4) is 16.3 Å². The van der Waals surface area contributed by atoms with E-state index in [4.69, 9.17) is 9.26 Å². The van der Waals surface area contributed by atoms with E-state index >= 15 is 0 Å². The van der Waals surface area contributed by atoms with Gasteiger partial charge in [0, 0.05) is 25.5 Å². The van der Waals surface area contributed by atoms with Gasteiger partial charge in [-0.2, -0.15) is 0 Å². The third kappa shape index (κ3) is 6.76. The number of amides is 2. The number of ether oxygens (including phenoxy) is 1. The number of aryl methyl sites for hydroxylation is 1. The Kier molecular flexibility index (Phi) is 9.70. The minimum Gasteiger partial charge on any atom is -0.475 e. The molecule has 2 N–H and O–H groups in total. The fraction of sp³-hybridized carbons (Fsp3) is 0.483. The highest BCUT2D eigenvalue weighted by atomic mass is 32.1. The molecule has 4 rings (SSSR count). The molecule has 1 unspecified atom stereocenters. The van der Waals surface area contributed by atoms with Gasteiger partial charge in [0.1, 0.15) is 18.2 Å². The molecule has 1 saturated heterocycles. The number of carbonyl (C=O) groups is 3. The molecule has 40 heavy (non-hydrogen) atoms. The highest BCUT2D eigenvalue weighted by Gasteiger charge is 2.43. The van der Waals surface area contributed by atoms with E-state index in [0.717, 1.165) is 28.0 Å². The van der Waals surface area contributed by atoms with Crippen molar-refractivity contribution in [3.05, 3.63) is 52.9 Å². The molecule has 2 amide bonds. The summed E-state index contributed by atoms with van der Waals surface area (Å²) in [4.78, 5) is 44.5. The van der Waals surface area contributed by atoms with Crippen LogP contribution in [0.3, 0.4) is 0 Å². The first-order valence-corrected chi connectivity index (χ1v) is 14.4. The highest BCUT2D eigenvalue weighted by Crippen LogP contribution is 2.33. The van der Waals surface area contributed by atoms with Crippen LogP contribution in [0.15, 0.2) is 40.4 Å². The lowest BCUT2D eigenvalue weighted by atomic mass is 9.91. The Morgan fingerprint density at radius 2 is 2.02 bits per heavy atom. The Bertz CT molecular complexity index is 1300. The summed E-state index contributed by atoms with van der Waals surface area (Å²) in [6.07, 6.45) is 1.10. The molecule has 3 heterocycles. The smallest absolute Gasteiger partial charge is 0.254 e. The zero-order valence-corrected chi connectivity index (χ0v) is 24.0. The lowest BCUT2D eigenvalue weighted by Crippen LogP contribution is -2.48. The Labute approximate surface area is 237 Å². The van der Waals surface area contributed by atoms with Crippen LogP contribution in [0.4, 0.5) is 0 Å². The van der Waals surface area contributed by atoms with Crippen LogP contribution < -0.4 is 10.1 Å². The summed E-state index contributed by atoms with van der Waals surface area (Å²) in [5.41, 5.74) is 4.80. The number of aromatic nitrogens is 2. The Morgan fingerprint density at radius 1 is 1.27 bits per heavy atom. The lowest BCUT2D eigenvalue weighted by molar-refractivity contribution is -0.141. The van der Waals surface area contributed by atoms with Crippen molar-refractivity contribution in [2.45, 2.75) is 71.1 Å². The number of aliphatic hydroxyl groups is 1. The number of rotatable bonds is 12. The molecule has 0 bridgehead atoms. The van der Waals surface area contributed by atoms with Crippen molar-refractivity contribution in [1.82, 2.24) is 20.4 Å². The van der Waals surface area contributed by atoms with Crippen LogP contribution in [0.25, 0.3) is 10.4 Å². The average Bonchev–Trinajstić information content (AvgIpc) is 3.66. The van der Waals surface area contributed by atoms with Crippen molar-refractivity contribution in [3.63, 3.8) is 0 Å². The van der Waals surface area contributed by atoms with E-state index in [1.54, 1.807) is 17.4 Å². The van der Waals surface area contributed by atoms with Crippen molar-refractivity contribution < 1.29 is 28.8 Å². The van der Waals surface area contributed by atoms with Gasteiger partial charge in [-0.3, -0.25) is 9.59 Å². The predicted molar refractivity (Wildman–Crippen MR) is 150 cm³/mol. The summed E-state index contributed by atoms with van der Waals surface area (Å²) in [7, 11) is 0. The second kappa shape index (κ2) is 13.2. The number of aliphatic hydroxyl groups excluding tert-OH is 1. The summed E-state index contributed by atoms with van der Waals surface area (Å²) in [5, 5.41) is 17.4. The molecule has 1 fully saturated rings. The maximum atomic E-state index is 13.8. The number of aldehydes is 1. The number of benzene rings is 1. The fourth-order valence-electron chi connectivity index (χ4n) is 4.95. The average molecular weight is 569 g/mol. The second-order valence-corrected chi connectivity index (χ2v) is 11.3. The van der Waals surface area contributed by atoms with Crippen molar-refractivity contribution in [2.24, 2.45) is 5.92 Å². The van der Waals surface area contributed by atoms with Gasteiger partial charge in [0.25, 0.3) is 5.88 Å². The van der Waals surface area contributed by atoms with Crippen molar-refractivity contribution in [1.29, 1.82) is 0 Å². The monoisotopic (exact) mass is 568 g/mol. The van der Waals surface area contributed by atoms with Gasteiger partial charge in [-0.25, -0.2) is 4.98 Å². The van der Waals surface area contributed by atoms with E-state index in [0.29, 0.717) is 25.2 Å². The van der Waals surface area contributed by atoms with E-state index in [-0.39, 0.29) is 42.6 Å². The minimum absolute atomic E-state index is 0.0562. The zero-order chi connectivity index (χ0) is 28.8. The molecule has 0 radical (unpaired) electrons. The second-order valence-electron chi connectivity index (χ2n) is 10.5. The molecule has 1 aliphatic heterocycles. The molecule has 0 aliphatic carbocycles. The molecule has 214 valence electrons. The van der Waals surface area contributed by atoms with Gasteiger partial charge in [-0.15, -0.1) is 11.3 Å². The first-order chi connectivity index (χ1) is 19.2. The molecule has 1 aromatic carbocycles. The molecular weight excluding hydrogens is 532 g/mol. The first-order valence-electron chi connectivity index (χ1n) is 13.5. The van der Waals surface area contributed by atoms with Crippen molar-refractivity contribution in [2.75, 3.05) is 13.2 Å². The van der Waals surface area contributed by atoms with Gasteiger partial charge >= 0.3 is 0 Å². The zero-order valence-electron chi connectivity index (χ0n) is 23.2. The number of nitrogens with zero attached hydrogens (tertiary/aromatic N) is 3. The van der Waals surface area contributed by atoms with Gasteiger partial charge in [-0.1, -0.05) is 38.1 Å². The maximum Gasteiger partial charge on any atom is 0.254 e. The maximum absolute atomic E-state index is 13.8. The van der Waals surface area contributed by atoms with Crippen LogP contribution >= 0.6 is 11.3 Å². The molecule has 4 atom stereocenters. The van der Waals surface area contributed by atoms with Crippen LogP contribution in [-0.2, 0) is 14.4 Å². The van der Waals surface area contributed by atoms with Crippen molar-refractivity contribution >= 4 is 29.4 Å². The SMILES string of the molecule is Cc1ncsc1-c1ccc([C@H](C)NC(=O)[C@@H]2C[C@@H](O)CN2C(=O)C(c2cc(OCCCC=O)no2)C(C)C)cc1. The molecule has 3 aromatic rings. The number of hydrogen-bond donors (Lipinski definition) is 2. The third-order valence-corrected chi connectivity index (χ3v) is 8.08. The lowest BCUT2D eigenvalue weighted by Gasteiger charge is -2.29. The Balaban J connectivity index is 1.43. The summed E-state index contributed by atoms with van der Waals surface area (Å²) in [6, 6.07) is 8.44. The third-order valence-electron chi connectivity index (χ3n) is 7.10. The summed E-state index contributed by atoms with van der Waals surface area (Å²) in [5.74, 6) is -0.938. The number of unbranched alkanes of at least 4 members (excludes halogenated alkanes) is 1. The van der Waals surface area contributed by atoms with Gasteiger partial charge in [0.05, 0.1) is 34.8 Å². The Morgan fingerprint density at radius 3 is 2.67 bits per heavy atom. The van der Waals surface area contributed by atoms with E-state index in [2.05, 4.69) is 15.5 Å². The summed E-state index contributed by atoms with van der Waals surface area (Å²) < 4.78 is 11.0. The van der Waals surface area contributed by atoms with E-state index < -0.39 is 18.1 Å². The molecule has 0 saturated carbocycles. The van der Waals surface area contributed by atoms with Crippen LogP contribution in [0.1, 0.15) is 69.0 Å². The predicted octanol–water partition coefficient (Wildman–Crippen LogP) is 4.04. The fourth-order valence-corrected chi connectivity index (χ4v) is 5.76. The van der Waals surface area contributed by atoms with Gasteiger partial charge < -0.3 is 29.4 Å². The first kappa shape index (κ1) is 29.4. The number of likely N-dealkylation sites (tertiary alicyclic amines) is 1. The molecule has 10 nitrogen and oxygen atoms in total. The minimum atomic E-state index is -0.813. The largest absolute Gasteiger partial charge is 0.475 e. The van der Waals surface area contributed by atoms with E-state index in [1.165, 1.54) is 4.90 Å². The van der Waals surface area contributed by atoms with Gasteiger partial charge in [0.2, 0.25) is 11.8 Å². The van der Waals surface area contributed by atoms with Gasteiger partial charge in [-0.05, 0) is 42.5 Å². The molecule has 11 heteroatoms. The summed E-state index contributed by atoms with van der Waals surface area (Å²) in [6.45, 7) is 8.00. The summed E-state index contributed by atoms with van der Waals surface area (Å²) >= 11 is 1.59. The van der Waals surface area contributed by atoms with Crippen LogP contribution in [0.5, 0.6) is 5.88 Å². The number of β-amino-alcohol motifs (C(OH)–C–C–N with tert-alkyl or cyclic N) is 1. The molecule has 2 aromatic heterocycles. The van der Waals surface area contributed by atoms with Crippen LogP contribution in [0, 0.1) is 12.8 Å². The molecule has 1 aliphatic rings. The van der Waals surface area contributed by atoms with Crippen LogP contribution in [0.2, 0.25) is 0 Å². The number of thiazole rings is 1. The topological polar surface area (TPSA) is 135 Å². The highest BCUT2D eigenvalue weighted by molar-refractivity contribution is 7.13. The standard InChI is InChI=1S/C29H36N4O6S/c1-17(2)26(24-14-25(32-39-24)38-12-6-5-11-34)29(37)33-15-22(35)13-23(33)28(36)31-18(3)20-7-9-21(10-8-20)27-19(4)30-16-40-27/h7-11,14,16-18,22-23,26,35H,5-6,12-13,15H2,1-4H3,(H,31,36)/t18-,22+,23-,26?/m0/s1. The molecular formula is C29H36N4O6S. The number of nitrogens with one attached hydrogen (secondary N) is 1. The quantitative estimate of drug-likeness (QED) is 0.247. The Hall–Kier alpha value is -3.57. The van der Waals surface area contributed by atoms with Gasteiger partial charge in [0.15, 0.2) is 5.76 Å². The van der Waals surface area contributed by atoms with E-state index in [9.17, 15) is 19.5 Å².